The van der Waals surface area contributed by atoms with Gasteiger partial charge in [-0.15, -0.1) is 0 Å². The quantitative estimate of drug-likeness (QED) is 0.903. The molecule has 0 saturated carbocycles. The largest absolute Gasteiger partial charge is 0.444 e. The van der Waals surface area contributed by atoms with Crippen LogP contribution in [0.15, 0.2) is 18.2 Å². The van der Waals surface area contributed by atoms with E-state index >= 15 is 0 Å². The van der Waals surface area contributed by atoms with Gasteiger partial charge in [-0.3, -0.25) is 0 Å². The molecule has 0 aliphatic heterocycles. The van der Waals surface area contributed by atoms with Crippen molar-refractivity contribution >= 4 is 6.09 Å². The van der Waals surface area contributed by atoms with Gasteiger partial charge in [-0.05, 0) is 45.7 Å². The first kappa shape index (κ1) is 15.5. The van der Waals surface area contributed by atoms with Gasteiger partial charge in [0, 0.05) is 0 Å². The molecule has 19 heavy (non-hydrogen) atoms. The minimum atomic E-state index is -1.23. The van der Waals surface area contributed by atoms with Gasteiger partial charge in [0.15, 0.2) is 0 Å². The summed E-state index contributed by atoms with van der Waals surface area (Å²) in [4.78, 5) is 11.4. The van der Waals surface area contributed by atoms with E-state index in [1.165, 1.54) is 0 Å². The molecule has 0 fully saturated rings. The Hall–Kier alpha value is -1.58. The number of amides is 1. The van der Waals surface area contributed by atoms with Crippen LogP contribution in [0.4, 0.5) is 9.18 Å². The third kappa shape index (κ3) is 5.28. The molecule has 1 rings (SSSR count). The van der Waals surface area contributed by atoms with Crippen molar-refractivity contribution in [2.45, 2.75) is 46.4 Å². The molecule has 106 valence electrons. The molecule has 1 atom stereocenters. The highest BCUT2D eigenvalue weighted by molar-refractivity contribution is 5.67. The van der Waals surface area contributed by atoms with Gasteiger partial charge in [0.05, 0.1) is 6.54 Å². The summed E-state index contributed by atoms with van der Waals surface area (Å²) in [5.74, 6) is 0. The van der Waals surface area contributed by atoms with Crippen molar-refractivity contribution in [3.8, 4) is 0 Å². The lowest BCUT2D eigenvalue weighted by molar-refractivity contribution is 0.0513. The molecule has 4 heteroatoms. The summed E-state index contributed by atoms with van der Waals surface area (Å²) in [6.07, 6.45) is -1.83. The van der Waals surface area contributed by atoms with E-state index in [2.05, 4.69) is 5.32 Å². The van der Waals surface area contributed by atoms with Gasteiger partial charge < -0.3 is 10.1 Å². The van der Waals surface area contributed by atoms with E-state index in [1.54, 1.807) is 26.8 Å². The predicted molar refractivity (Wildman–Crippen MR) is 74.0 cm³/mol. The van der Waals surface area contributed by atoms with Gasteiger partial charge in [0.25, 0.3) is 0 Å². The Kier molecular flexibility index (Phi) is 4.92. The normalized spacial score (nSPS) is 12.9. The van der Waals surface area contributed by atoms with Crippen LogP contribution in [0.1, 0.15) is 43.6 Å². The van der Waals surface area contributed by atoms with Crippen LogP contribution in [0, 0.1) is 13.8 Å². The molecule has 1 aromatic carbocycles. The highest BCUT2D eigenvalue weighted by atomic mass is 19.1. The summed E-state index contributed by atoms with van der Waals surface area (Å²) < 4.78 is 19.1. The van der Waals surface area contributed by atoms with Crippen LogP contribution in [0.3, 0.4) is 0 Å². The van der Waals surface area contributed by atoms with Gasteiger partial charge in [0.1, 0.15) is 11.8 Å². The molecule has 0 saturated heterocycles. The zero-order chi connectivity index (χ0) is 14.6. The lowest BCUT2D eigenvalue weighted by Crippen LogP contribution is -2.34. The van der Waals surface area contributed by atoms with E-state index in [4.69, 9.17) is 4.74 Å². The highest BCUT2D eigenvalue weighted by Gasteiger charge is 2.18. The average Bonchev–Trinajstić information content (AvgIpc) is 2.23. The van der Waals surface area contributed by atoms with Crippen LogP contribution >= 0.6 is 0 Å². The first-order valence-corrected chi connectivity index (χ1v) is 6.37. The van der Waals surface area contributed by atoms with Crippen molar-refractivity contribution in [3.63, 3.8) is 0 Å². The van der Waals surface area contributed by atoms with E-state index in [9.17, 15) is 9.18 Å². The Balaban J connectivity index is 2.56. The maximum Gasteiger partial charge on any atom is 0.407 e. The topological polar surface area (TPSA) is 38.3 Å². The molecule has 0 aromatic heterocycles. The summed E-state index contributed by atoms with van der Waals surface area (Å²) in [6, 6.07) is 5.55. The van der Waals surface area contributed by atoms with Crippen LogP contribution in [0.2, 0.25) is 0 Å². The number of carbonyl (C=O) groups is 1. The van der Waals surface area contributed by atoms with Crippen molar-refractivity contribution in [1.82, 2.24) is 5.32 Å². The number of ether oxygens (including phenoxy) is 1. The molecule has 1 aromatic rings. The van der Waals surface area contributed by atoms with E-state index in [1.807, 2.05) is 26.0 Å². The maximum absolute atomic E-state index is 14.1. The van der Waals surface area contributed by atoms with Gasteiger partial charge in [-0.25, -0.2) is 9.18 Å². The third-order valence-corrected chi connectivity index (χ3v) is 2.59. The van der Waals surface area contributed by atoms with Crippen LogP contribution in [0.5, 0.6) is 0 Å². The maximum atomic E-state index is 14.1. The molecular weight excluding hydrogens is 245 g/mol. The molecular formula is C15H22FNO2. The molecule has 0 heterocycles. The number of hydrogen-bond donors (Lipinski definition) is 1. The molecule has 1 amide bonds. The minimum absolute atomic E-state index is 0.0845. The molecule has 0 aliphatic rings. The van der Waals surface area contributed by atoms with Crippen molar-refractivity contribution < 1.29 is 13.9 Å². The Morgan fingerprint density at radius 2 is 2.00 bits per heavy atom. The summed E-state index contributed by atoms with van der Waals surface area (Å²) in [5.41, 5.74) is 2.00. The average molecular weight is 267 g/mol. The zero-order valence-electron chi connectivity index (χ0n) is 12.2. The van der Waals surface area contributed by atoms with Crippen molar-refractivity contribution in [2.75, 3.05) is 6.54 Å². The molecule has 1 N–H and O–H groups in total. The number of nitrogens with one attached hydrogen (secondary N) is 1. The Labute approximate surface area is 114 Å². The van der Waals surface area contributed by atoms with E-state index in [0.717, 1.165) is 11.1 Å². The van der Waals surface area contributed by atoms with Crippen molar-refractivity contribution in [2.24, 2.45) is 0 Å². The standard InChI is InChI=1S/C15H22FNO2/c1-10-6-7-12(11(2)8-10)13(16)9-17-14(18)19-15(3,4)5/h6-8,13H,9H2,1-5H3,(H,17,18). The number of aryl methyl sites for hydroxylation is 2. The number of carbonyl (C=O) groups excluding carboxylic acids is 1. The smallest absolute Gasteiger partial charge is 0.407 e. The van der Waals surface area contributed by atoms with Gasteiger partial charge in [0.2, 0.25) is 0 Å². The van der Waals surface area contributed by atoms with Crippen molar-refractivity contribution in [1.29, 1.82) is 0 Å². The predicted octanol–water partition coefficient (Wildman–Crippen LogP) is 3.84. The number of alkyl halides is 1. The fourth-order valence-electron chi connectivity index (χ4n) is 1.77. The molecule has 3 nitrogen and oxygen atoms in total. The van der Waals surface area contributed by atoms with E-state index in [0.29, 0.717) is 5.56 Å². The molecule has 0 aliphatic carbocycles. The van der Waals surface area contributed by atoms with Gasteiger partial charge in [-0.2, -0.15) is 0 Å². The number of alkyl carbamates (subject to hydrolysis) is 1. The molecule has 0 radical (unpaired) electrons. The number of benzene rings is 1. The Morgan fingerprint density at radius 3 is 2.53 bits per heavy atom. The Morgan fingerprint density at radius 1 is 1.37 bits per heavy atom. The first-order chi connectivity index (χ1) is 8.69. The van der Waals surface area contributed by atoms with E-state index < -0.39 is 17.9 Å². The van der Waals surface area contributed by atoms with Crippen LogP contribution in [-0.2, 0) is 4.74 Å². The summed E-state index contributed by atoms with van der Waals surface area (Å²) >= 11 is 0. The lowest BCUT2D eigenvalue weighted by Gasteiger charge is -2.20. The second-order valence-electron chi connectivity index (χ2n) is 5.71. The SMILES string of the molecule is Cc1ccc(C(F)CNC(=O)OC(C)(C)C)c(C)c1. The van der Waals surface area contributed by atoms with Crippen LogP contribution < -0.4 is 5.32 Å². The second kappa shape index (κ2) is 6.04. The number of halogens is 1. The van der Waals surface area contributed by atoms with Crippen molar-refractivity contribution in [3.05, 3.63) is 34.9 Å². The minimum Gasteiger partial charge on any atom is -0.444 e. The molecule has 0 spiro atoms. The van der Waals surface area contributed by atoms with Gasteiger partial charge in [-0.1, -0.05) is 23.8 Å². The Bertz CT molecular complexity index is 452. The monoisotopic (exact) mass is 267 g/mol. The summed E-state index contributed by atoms with van der Waals surface area (Å²) in [6.45, 7) is 9.04. The zero-order valence-corrected chi connectivity index (χ0v) is 12.2. The first-order valence-electron chi connectivity index (χ1n) is 6.37. The summed E-state index contributed by atoms with van der Waals surface area (Å²) in [5, 5.41) is 2.44. The van der Waals surface area contributed by atoms with E-state index in [-0.39, 0.29) is 6.54 Å². The summed E-state index contributed by atoms with van der Waals surface area (Å²) in [7, 11) is 0. The lowest BCUT2D eigenvalue weighted by atomic mass is 10.0. The highest BCUT2D eigenvalue weighted by Crippen LogP contribution is 2.21. The third-order valence-electron chi connectivity index (χ3n) is 2.59. The van der Waals surface area contributed by atoms with Gasteiger partial charge >= 0.3 is 6.09 Å². The molecule has 0 bridgehead atoms. The van der Waals surface area contributed by atoms with Crippen LogP contribution in [0.25, 0.3) is 0 Å². The number of hydrogen-bond acceptors (Lipinski definition) is 2. The fraction of sp³-hybridized carbons (Fsp3) is 0.533. The fourth-order valence-corrected chi connectivity index (χ4v) is 1.77. The van der Waals surface area contributed by atoms with Crippen LogP contribution in [-0.4, -0.2) is 18.2 Å². The second-order valence-corrected chi connectivity index (χ2v) is 5.71. The molecule has 1 unspecified atom stereocenters. The number of rotatable bonds is 3.